The van der Waals surface area contributed by atoms with Crippen molar-refractivity contribution in [1.82, 2.24) is 4.72 Å². The van der Waals surface area contributed by atoms with Gasteiger partial charge < -0.3 is 5.73 Å². The number of hydrogen-bond acceptors (Lipinski definition) is 3. The van der Waals surface area contributed by atoms with Crippen LogP contribution in [0.4, 0.5) is 0 Å². The monoisotopic (exact) mass is 314 g/mol. The fourth-order valence-electron chi connectivity index (χ4n) is 1.83. The first-order chi connectivity index (χ1) is 9.25. The molecule has 0 spiro atoms. The predicted octanol–water partition coefficient (Wildman–Crippen LogP) is 2.17. The number of nitrogens with one attached hydrogen (secondary N) is 1. The summed E-state index contributed by atoms with van der Waals surface area (Å²) in [5, 5.41) is 0. The van der Waals surface area contributed by atoms with Gasteiger partial charge in [-0.1, -0.05) is 50.7 Å². The number of thiocarbonyl (C=S) groups is 1. The average molecular weight is 314 g/mol. The Morgan fingerprint density at radius 2 is 2.05 bits per heavy atom. The highest BCUT2D eigenvalue weighted by atomic mass is 32.2. The summed E-state index contributed by atoms with van der Waals surface area (Å²) in [4.78, 5) is 0.269. The number of rotatable bonds is 7. The van der Waals surface area contributed by atoms with Crippen LogP contribution in [0.25, 0.3) is 0 Å². The van der Waals surface area contributed by atoms with Crippen LogP contribution in [-0.2, 0) is 15.8 Å². The van der Waals surface area contributed by atoms with Crippen LogP contribution in [0.15, 0.2) is 24.3 Å². The van der Waals surface area contributed by atoms with E-state index >= 15 is 0 Å². The minimum Gasteiger partial charge on any atom is -0.389 e. The zero-order valence-electron chi connectivity index (χ0n) is 12.1. The van der Waals surface area contributed by atoms with Crippen molar-refractivity contribution in [1.29, 1.82) is 0 Å². The van der Waals surface area contributed by atoms with Crippen molar-refractivity contribution in [3.05, 3.63) is 35.4 Å². The molecule has 0 aliphatic heterocycles. The second-order valence-corrected chi connectivity index (χ2v) is 7.31. The number of sulfonamides is 1. The molecule has 0 aliphatic carbocycles. The van der Waals surface area contributed by atoms with Gasteiger partial charge in [-0.25, -0.2) is 13.1 Å². The highest BCUT2D eigenvalue weighted by Crippen LogP contribution is 2.12. The highest BCUT2D eigenvalue weighted by Gasteiger charge is 2.18. The summed E-state index contributed by atoms with van der Waals surface area (Å²) in [5.41, 5.74) is 6.91. The Morgan fingerprint density at radius 3 is 2.60 bits per heavy atom. The molecule has 0 aromatic heterocycles. The van der Waals surface area contributed by atoms with Gasteiger partial charge in [0.1, 0.15) is 4.99 Å². The normalized spacial score (nSPS) is 14.8. The molecule has 4 nitrogen and oxygen atoms in total. The molecule has 0 bridgehead atoms. The lowest BCUT2D eigenvalue weighted by molar-refractivity contribution is 0.434. The van der Waals surface area contributed by atoms with Crippen LogP contribution in [0.3, 0.4) is 0 Å². The largest absolute Gasteiger partial charge is 0.389 e. The van der Waals surface area contributed by atoms with E-state index in [-0.39, 0.29) is 16.8 Å². The molecule has 1 aromatic carbocycles. The Morgan fingerprint density at radius 1 is 1.40 bits per heavy atom. The van der Waals surface area contributed by atoms with Gasteiger partial charge in [-0.2, -0.15) is 0 Å². The van der Waals surface area contributed by atoms with Gasteiger partial charge >= 0.3 is 0 Å². The summed E-state index contributed by atoms with van der Waals surface area (Å²) in [7, 11) is -3.37. The molecule has 112 valence electrons. The van der Waals surface area contributed by atoms with Crippen molar-refractivity contribution in [3.63, 3.8) is 0 Å². The van der Waals surface area contributed by atoms with E-state index in [2.05, 4.69) is 4.72 Å². The molecule has 20 heavy (non-hydrogen) atoms. The molecule has 0 heterocycles. The summed E-state index contributed by atoms with van der Waals surface area (Å²) in [6.07, 6.45) is 0.931. The first kappa shape index (κ1) is 17.1. The van der Waals surface area contributed by atoms with Gasteiger partial charge in [0.05, 0.1) is 5.75 Å². The molecule has 0 saturated heterocycles. The molecule has 3 N–H and O–H groups in total. The molecule has 0 aliphatic rings. The van der Waals surface area contributed by atoms with Gasteiger partial charge in [0.2, 0.25) is 10.0 Å². The maximum absolute atomic E-state index is 12.1. The second kappa shape index (κ2) is 7.15. The van der Waals surface area contributed by atoms with E-state index in [9.17, 15) is 8.42 Å². The fourth-order valence-corrected chi connectivity index (χ4v) is 3.46. The fraction of sp³-hybridized carbons (Fsp3) is 0.500. The third-order valence-corrected chi connectivity index (χ3v) is 5.11. The zero-order chi connectivity index (χ0) is 15.3. The summed E-state index contributed by atoms with van der Waals surface area (Å²) in [6, 6.07) is 6.93. The summed E-state index contributed by atoms with van der Waals surface area (Å²) < 4.78 is 27.0. The van der Waals surface area contributed by atoms with Crippen LogP contribution in [-0.4, -0.2) is 19.4 Å². The van der Waals surface area contributed by atoms with Crippen molar-refractivity contribution in [2.75, 3.05) is 0 Å². The van der Waals surface area contributed by atoms with Crippen molar-refractivity contribution < 1.29 is 8.42 Å². The van der Waals surface area contributed by atoms with Crippen LogP contribution in [0.1, 0.15) is 38.3 Å². The maximum Gasteiger partial charge on any atom is 0.216 e. The summed E-state index contributed by atoms with van der Waals surface area (Å²) >= 11 is 4.90. The average Bonchev–Trinajstić information content (AvgIpc) is 2.36. The predicted molar refractivity (Wildman–Crippen MR) is 87.0 cm³/mol. The zero-order valence-corrected chi connectivity index (χ0v) is 13.7. The van der Waals surface area contributed by atoms with Gasteiger partial charge in [0.25, 0.3) is 0 Å². The van der Waals surface area contributed by atoms with Gasteiger partial charge in [-0.3, -0.25) is 0 Å². The maximum atomic E-state index is 12.1. The molecule has 6 heteroatoms. The quantitative estimate of drug-likeness (QED) is 0.757. The van der Waals surface area contributed by atoms with E-state index in [1.165, 1.54) is 0 Å². The third kappa shape index (κ3) is 5.19. The van der Waals surface area contributed by atoms with Gasteiger partial charge in [-0.05, 0) is 24.5 Å². The van der Waals surface area contributed by atoms with E-state index in [4.69, 9.17) is 18.0 Å². The van der Waals surface area contributed by atoms with Crippen LogP contribution < -0.4 is 10.5 Å². The molecule has 0 saturated carbocycles. The Bertz CT molecular complexity index is 570. The number of nitrogens with two attached hydrogens (primary N) is 1. The molecule has 1 rings (SSSR count). The van der Waals surface area contributed by atoms with Crippen molar-refractivity contribution in [2.45, 2.75) is 39.0 Å². The smallest absolute Gasteiger partial charge is 0.216 e. The van der Waals surface area contributed by atoms with E-state index < -0.39 is 10.0 Å². The summed E-state index contributed by atoms with van der Waals surface area (Å²) in [6.45, 7) is 5.96. The third-order valence-electron chi connectivity index (χ3n) is 3.43. The van der Waals surface area contributed by atoms with Gasteiger partial charge in [-0.15, -0.1) is 0 Å². The second-order valence-electron chi connectivity index (χ2n) is 5.12. The Kier molecular flexibility index (Phi) is 6.10. The Hall–Kier alpha value is -0.980. The molecular formula is C14H22N2O2S2. The SMILES string of the molecule is CCC(C)C(C)NS(=O)(=O)Cc1cccc(C(N)=S)c1. The van der Waals surface area contributed by atoms with Crippen LogP contribution in [0.5, 0.6) is 0 Å². The van der Waals surface area contributed by atoms with E-state index in [1.54, 1.807) is 24.3 Å². The molecule has 2 atom stereocenters. The van der Waals surface area contributed by atoms with E-state index in [1.807, 2.05) is 20.8 Å². The van der Waals surface area contributed by atoms with E-state index in [0.717, 1.165) is 6.42 Å². The first-order valence-corrected chi connectivity index (χ1v) is 8.70. The van der Waals surface area contributed by atoms with Gasteiger partial charge in [0, 0.05) is 11.6 Å². The minimum absolute atomic E-state index is 0.0653. The number of benzene rings is 1. The van der Waals surface area contributed by atoms with Crippen molar-refractivity contribution in [3.8, 4) is 0 Å². The standard InChI is InChI=1S/C14H22N2O2S2/c1-4-10(2)11(3)16-20(17,18)9-12-6-5-7-13(8-12)14(15)19/h5-8,10-11,16H,4,9H2,1-3H3,(H2,15,19). The van der Waals surface area contributed by atoms with Gasteiger partial charge in [0.15, 0.2) is 0 Å². The lowest BCUT2D eigenvalue weighted by atomic mass is 10.0. The first-order valence-electron chi connectivity index (χ1n) is 6.64. The topological polar surface area (TPSA) is 72.2 Å². The molecule has 0 amide bonds. The molecule has 0 fully saturated rings. The Balaban J connectivity index is 2.81. The number of hydrogen-bond donors (Lipinski definition) is 2. The minimum atomic E-state index is -3.37. The lowest BCUT2D eigenvalue weighted by Crippen LogP contribution is -2.37. The van der Waals surface area contributed by atoms with Crippen LogP contribution in [0, 0.1) is 5.92 Å². The molecule has 0 radical (unpaired) electrons. The molecular weight excluding hydrogens is 292 g/mol. The highest BCUT2D eigenvalue weighted by molar-refractivity contribution is 7.88. The molecule has 1 aromatic rings. The van der Waals surface area contributed by atoms with Crippen molar-refractivity contribution >= 4 is 27.2 Å². The van der Waals surface area contributed by atoms with E-state index in [0.29, 0.717) is 17.0 Å². The summed E-state index contributed by atoms with van der Waals surface area (Å²) in [5.74, 6) is 0.234. The van der Waals surface area contributed by atoms with Crippen molar-refractivity contribution in [2.24, 2.45) is 11.7 Å². The van der Waals surface area contributed by atoms with Crippen LogP contribution >= 0.6 is 12.2 Å². The lowest BCUT2D eigenvalue weighted by Gasteiger charge is -2.19. The Labute approximate surface area is 126 Å². The molecule has 2 unspecified atom stereocenters. The van der Waals surface area contributed by atoms with Crippen LogP contribution in [0.2, 0.25) is 0 Å².